The molecule has 1 unspecified atom stereocenters. The third kappa shape index (κ3) is 3.54. The van der Waals surface area contributed by atoms with Crippen LogP contribution in [0.4, 0.5) is 0 Å². The Hall–Kier alpha value is -1.00. The van der Waals surface area contributed by atoms with E-state index in [0.717, 1.165) is 0 Å². The van der Waals surface area contributed by atoms with E-state index in [4.69, 9.17) is 16.3 Å². The maximum absolute atomic E-state index is 12.1. The van der Waals surface area contributed by atoms with Crippen LogP contribution in [0.2, 0.25) is 5.02 Å². The van der Waals surface area contributed by atoms with Gasteiger partial charge in [0.05, 0.1) is 6.61 Å². The van der Waals surface area contributed by atoms with Gasteiger partial charge in [0.1, 0.15) is 5.75 Å². The average Bonchev–Trinajstić information content (AvgIpc) is 2.17. The highest BCUT2D eigenvalue weighted by atomic mass is 35.5. The Kier molecular flexibility index (Phi) is 4.38. The van der Waals surface area contributed by atoms with Gasteiger partial charge >= 0.3 is 5.97 Å². The number of rotatable bonds is 4. The molecular weight excluding hydrogens is 248 g/mol. The van der Waals surface area contributed by atoms with Crippen LogP contribution >= 0.6 is 11.6 Å². The third-order valence-electron chi connectivity index (χ3n) is 1.90. The van der Waals surface area contributed by atoms with E-state index >= 15 is 0 Å². The van der Waals surface area contributed by atoms with Crippen molar-refractivity contribution >= 4 is 33.0 Å². The normalized spacial score (nSPS) is 14.1. The fourth-order valence-electron chi connectivity index (χ4n) is 1.16. The Morgan fingerprint density at radius 3 is 2.50 bits per heavy atom. The van der Waals surface area contributed by atoms with Gasteiger partial charge in [-0.25, -0.2) is 0 Å². The highest BCUT2D eigenvalue weighted by Gasteiger charge is 2.14. The summed E-state index contributed by atoms with van der Waals surface area (Å²) in [6, 6.07) is 6.45. The van der Waals surface area contributed by atoms with Crippen LogP contribution in [0.1, 0.15) is 6.92 Å². The topological polar surface area (TPSA) is 43.4 Å². The van der Waals surface area contributed by atoms with Crippen LogP contribution in [0, 0.1) is 0 Å². The Labute approximate surface area is 100 Å². The summed E-state index contributed by atoms with van der Waals surface area (Å²) in [5.74, 6) is 2.87. The molecule has 0 aliphatic heterocycles. The van der Waals surface area contributed by atoms with Gasteiger partial charge in [-0.15, -0.1) is 0 Å². The van der Waals surface area contributed by atoms with E-state index in [1.807, 2.05) is 0 Å². The van der Waals surface area contributed by atoms with Crippen LogP contribution in [0.15, 0.2) is 29.2 Å². The van der Waals surface area contributed by atoms with E-state index in [1.54, 1.807) is 31.2 Å². The van der Waals surface area contributed by atoms with Crippen molar-refractivity contribution in [2.45, 2.75) is 11.8 Å². The molecule has 5 heteroatoms. The molecule has 0 radical (unpaired) electrons. The molecule has 1 atom stereocenters. The highest BCUT2D eigenvalue weighted by Crippen LogP contribution is 2.15. The summed E-state index contributed by atoms with van der Waals surface area (Å²) in [4.78, 5) is 11.7. The number of ether oxygens (including phenoxy) is 1. The Morgan fingerprint density at radius 1 is 1.44 bits per heavy atom. The number of esters is 1. The van der Waals surface area contributed by atoms with Crippen molar-refractivity contribution in [2.24, 2.45) is 0 Å². The van der Waals surface area contributed by atoms with Gasteiger partial charge in [-0.3, -0.25) is 9.00 Å². The first-order chi connectivity index (χ1) is 7.45. The molecule has 0 saturated carbocycles. The lowest BCUT2D eigenvalue weighted by Crippen LogP contribution is -2.18. The summed E-state index contributed by atoms with van der Waals surface area (Å²) < 4.78 is 16.9. The van der Waals surface area contributed by atoms with Crippen molar-refractivity contribution in [1.82, 2.24) is 0 Å². The minimum absolute atomic E-state index is 0.206. The third-order valence-corrected chi connectivity index (χ3v) is 3.98. The van der Waals surface area contributed by atoms with Crippen molar-refractivity contribution in [3.8, 4) is 0 Å². The Morgan fingerprint density at radius 2 is 2.00 bits per heavy atom. The van der Waals surface area contributed by atoms with E-state index in [9.17, 15) is 9.00 Å². The van der Waals surface area contributed by atoms with Gasteiger partial charge in [-0.1, -0.05) is 11.6 Å². The number of carbonyl (C=O) groups is 1. The number of carbonyl (C=O) groups excluding carboxylic acids is 1. The van der Waals surface area contributed by atoms with Crippen LogP contribution in [-0.4, -0.2) is 28.4 Å². The molecule has 3 nitrogen and oxygen atoms in total. The summed E-state index contributed by atoms with van der Waals surface area (Å²) in [7, 11) is -2.63. The molecule has 0 N–H and O–H groups in total. The molecule has 1 aromatic rings. The van der Waals surface area contributed by atoms with Crippen molar-refractivity contribution < 1.29 is 13.7 Å². The molecule has 0 fully saturated rings. The Bertz CT molecular complexity index is 463. The zero-order chi connectivity index (χ0) is 12.2. The van der Waals surface area contributed by atoms with E-state index in [1.165, 1.54) is 0 Å². The molecule has 0 aliphatic carbocycles. The second-order valence-corrected chi connectivity index (χ2v) is 6.04. The van der Waals surface area contributed by atoms with Gasteiger partial charge in [0.2, 0.25) is 0 Å². The smallest absolute Gasteiger partial charge is 0.318 e. The van der Waals surface area contributed by atoms with Crippen molar-refractivity contribution in [3.63, 3.8) is 0 Å². The van der Waals surface area contributed by atoms with E-state index in [-0.39, 0.29) is 12.4 Å². The predicted molar refractivity (Wildman–Crippen MR) is 66.5 cm³/mol. The molecular formula is C11H13ClO3S. The predicted octanol–water partition coefficient (Wildman–Crippen LogP) is 1.98. The van der Waals surface area contributed by atoms with Gasteiger partial charge in [0.15, 0.2) is 0 Å². The molecule has 0 aromatic heterocycles. The van der Waals surface area contributed by atoms with Crippen molar-refractivity contribution in [3.05, 3.63) is 29.3 Å². The molecule has 0 spiro atoms. The molecule has 1 rings (SSSR count). The maximum Gasteiger partial charge on any atom is 0.318 e. The van der Waals surface area contributed by atoms with Crippen LogP contribution in [0.3, 0.4) is 0 Å². The first kappa shape index (κ1) is 13.1. The van der Waals surface area contributed by atoms with Gasteiger partial charge < -0.3 is 4.74 Å². The van der Waals surface area contributed by atoms with Crippen LogP contribution in [-0.2, 0) is 19.1 Å². The van der Waals surface area contributed by atoms with E-state index in [0.29, 0.717) is 9.92 Å². The average molecular weight is 261 g/mol. The van der Waals surface area contributed by atoms with Gasteiger partial charge in [0, 0.05) is 19.4 Å². The van der Waals surface area contributed by atoms with Crippen molar-refractivity contribution in [2.75, 3.05) is 12.4 Å². The number of hydrogen-bond donors (Lipinski definition) is 0. The first-order valence-electron chi connectivity index (χ1n) is 4.72. The number of halogens is 1. The lowest BCUT2D eigenvalue weighted by Gasteiger charge is -2.08. The molecule has 0 heterocycles. The molecule has 0 aliphatic rings. The second-order valence-electron chi connectivity index (χ2n) is 3.22. The zero-order valence-electron chi connectivity index (χ0n) is 8.94. The number of hydrogen-bond acceptors (Lipinski definition) is 3. The molecule has 16 heavy (non-hydrogen) atoms. The minimum atomic E-state index is -2.63. The summed E-state index contributed by atoms with van der Waals surface area (Å²) in [5, 5.41) is 0.551. The molecule has 88 valence electrons. The van der Waals surface area contributed by atoms with Crippen molar-refractivity contribution in [1.29, 1.82) is 0 Å². The summed E-state index contributed by atoms with van der Waals surface area (Å²) in [6.45, 7) is 1.97. The van der Waals surface area contributed by atoms with Gasteiger partial charge in [-0.2, -0.15) is 0 Å². The monoisotopic (exact) mass is 260 g/mol. The van der Waals surface area contributed by atoms with E-state index < -0.39 is 15.5 Å². The fourth-order valence-corrected chi connectivity index (χ4v) is 2.55. The lowest BCUT2D eigenvalue weighted by molar-refractivity contribution is -0.139. The van der Waals surface area contributed by atoms with Crippen LogP contribution in [0.25, 0.3) is 0 Å². The summed E-state index contributed by atoms with van der Waals surface area (Å²) >= 11 is 5.71. The fraction of sp³-hybridized carbons (Fsp3) is 0.273. The lowest BCUT2D eigenvalue weighted by atomic mass is 10.4. The summed E-state index contributed by atoms with van der Waals surface area (Å²) in [6.07, 6.45) is 0. The largest absolute Gasteiger partial charge is 0.465 e. The second kappa shape index (κ2) is 5.37. The molecule has 0 saturated heterocycles. The minimum Gasteiger partial charge on any atom is -0.465 e. The standard InChI is InChI=1S/C11H13ClO3S/c1-3-15-11(13)8-16(2,14)10-6-4-9(12)5-7-10/h4-7H,2-3,8H2,1H3. The van der Waals surface area contributed by atoms with E-state index in [2.05, 4.69) is 5.87 Å². The highest BCUT2D eigenvalue weighted by molar-refractivity contribution is 8.00. The molecule has 1 aromatic carbocycles. The summed E-state index contributed by atoms with van der Waals surface area (Å²) in [5.41, 5.74) is 0. The number of benzene rings is 1. The van der Waals surface area contributed by atoms with Gasteiger partial charge in [0.25, 0.3) is 0 Å². The maximum atomic E-state index is 12.1. The first-order valence-corrected chi connectivity index (χ1v) is 6.99. The quantitative estimate of drug-likeness (QED) is 0.614. The SMILES string of the molecule is C=S(=O)(CC(=O)OCC)c1ccc(Cl)cc1. The zero-order valence-corrected chi connectivity index (χ0v) is 10.5. The molecule has 0 amide bonds. The van der Waals surface area contributed by atoms with Crippen LogP contribution in [0.5, 0.6) is 0 Å². The van der Waals surface area contributed by atoms with Crippen LogP contribution < -0.4 is 0 Å². The van der Waals surface area contributed by atoms with Gasteiger partial charge in [-0.05, 0) is 37.1 Å². The Balaban J connectivity index is 2.86. The molecule has 0 bridgehead atoms.